The monoisotopic (exact) mass is 346 g/mol. The van der Waals surface area contributed by atoms with E-state index < -0.39 is 17.8 Å². The first-order valence-corrected chi connectivity index (χ1v) is 8.62. The summed E-state index contributed by atoms with van der Waals surface area (Å²) in [6.07, 6.45) is 0.304. The number of ether oxygens (including phenoxy) is 1. The lowest BCUT2D eigenvalue weighted by Crippen LogP contribution is -2.45. The fourth-order valence-corrected chi connectivity index (χ4v) is 3.76. The van der Waals surface area contributed by atoms with Crippen molar-refractivity contribution in [1.82, 2.24) is 0 Å². The first-order valence-electron chi connectivity index (χ1n) is 8.62. The quantitative estimate of drug-likeness (QED) is 0.567. The molecule has 0 unspecified atom stereocenters. The van der Waals surface area contributed by atoms with E-state index in [-0.39, 0.29) is 11.9 Å². The number of esters is 1. The third kappa shape index (κ3) is 2.84. The Labute approximate surface area is 151 Å². The summed E-state index contributed by atoms with van der Waals surface area (Å²) in [5.74, 6) is -2.07. The lowest BCUT2D eigenvalue weighted by Gasteiger charge is -2.40. The Morgan fingerprint density at radius 1 is 0.846 bits per heavy atom. The van der Waals surface area contributed by atoms with Gasteiger partial charge in [0.25, 0.3) is 0 Å². The van der Waals surface area contributed by atoms with Gasteiger partial charge in [0.15, 0.2) is 0 Å². The molecule has 0 amide bonds. The maximum Gasteiger partial charge on any atom is 0.315 e. The predicted molar refractivity (Wildman–Crippen MR) is 98.0 cm³/mol. The molecule has 1 N–H and O–H groups in total. The van der Waals surface area contributed by atoms with Crippen molar-refractivity contribution in [2.45, 2.75) is 12.3 Å². The topological polar surface area (TPSA) is 63.6 Å². The molecule has 130 valence electrons. The van der Waals surface area contributed by atoms with Crippen molar-refractivity contribution in [3.8, 4) is 5.75 Å². The molecule has 0 bridgehead atoms. The molecule has 1 aliphatic carbocycles. The van der Waals surface area contributed by atoms with Crippen LogP contribution in [0.5, 0.6) is 5.75 Å². The molecule has 1 saturated carbocycles. The minimum Gasteiger partial charge on any atom is -0.481 e. The standard InChI is InChI=1S/C22H18O4/c23-21(24)17-13-18(20(17)15-8-2-1-3-9-15)22(25)26-19-12-6-10-14-7-4-5-11-16(14)19/h1-12,17-18,20H,13H2,(H,23,24)/t17-,18+,20+/m0/s1. The van der Waals surface area contributed by atoms with Crippen LogP contribution >= 0.6 is 0 Å². The van der Waals surface area contributed by atoms with Crippen molar-refractivity contribution < 1.29 is 19.4 Å². The van der Waals surface area contributed by atoms with Crippen LogP contribution in [0.3, 0.4) is 0 Å². The van der Waals surface area contributed by atoms with Gasteiger partial charge in [-0.1, -0.05) is 66.7 Å². The summed E-state index contributed by atoms with van der Waals surface area (Å²) >= 11 is 0. The zero-order chi connectivity index (χ0) is 18.1. The third-order valence-corrected chi connectivity index (χ3v) is 5.14. The van der Waals surface area contributed by atoms with Crippen LogP contribution in [-0.4, -0.2) is 17.0 Å². The highest BCUT2D eigenvalue weighted by atomic mass is 16.5. The molecule has 0 radical (unpaired) electrons. The van der Waals surface area contributed by atoms with E-state index in [1.807, 2.05) is 66.7 Å². The minimum atomic E-state index is -0.868. The first-order chi connectivity index (χ1) is 12.6. The van der Waals surface area contributed by atoms with Crippen LogP contribution in [0, 0.1) is 11.8 Å². The molecule has 1 aliphatic rings. The molecular formula is C22H18O4. The fraction of sp³-hybridized carbons (Fsp3) is 0.182. The zero-order valence-corrected chi connectivity index (χ0v) is 14.0. The third-order valence-electron chi connectivity index (χ3n) is 5.14. The number of hydrogen-bond donors (Lipinski definition) is 1. The van der Waals surface area contributed by atoms with E-state index in [0.717, 1.165) is 16.3 Å². The average Bonchev–Trinajstić information content (AvgIpc) is 2.62. The molecular weight excluding hydrogens is 328 g/mol. The molecule has 0 aliphatic heterocycles. The molecule has 0 saturated heterocycles. The van der Waals surface area contributed by atoms with Crippen molar-refractivity contribution >= 4 is 22.7 Å². The number of fused-ring (bicyclic) bond motifs is 1. The summed E-state index contributed by atoms with van der Waals surface area (Å²) in [4.78, 5) is 24.3. The normalized spacial score (nSPS) is 21.8. The van der Waals surface area contributed by atoms with Gasteiger partial charge in [-0.05, 0) is 23.4 Å². The SMILES string of the molecule is O=C(O)[C@H]1C[C@@H](C(=O)Oc2cccc3ccccc23)[C@@H]1c1ccccc1. The number of carbonyl (C=O) groups excluding carboxylic acids is 1. The van der Waals surface area contributed by atoms with E-state index in [1.165, 1.54) is 0 Å². The number of carboxylic acids is 1. The Morgan fingerprint density at radius 2 is 1.54 bits per heavy atom. The lowest BCUT2D eigenvalue weighted by molar-refractivity contribution is -0.155. The van der Waals surface area contributed by atoms with E-state index >= 15 is 0 Å². The predicted octanol–water partition coefficient (Wildman–Crippen LogP) is 4.25. The Hall–Kier alpha value is -3.14. The van der Waals surface area contributed by atoms with Gasteiger partial charge in [-0.2, -0.15) is 0 Å². The first kappa shape index (κ1) is 16.3. The van der Waals surface area contributed by atoms with E-state index in [4.69, 9.17) is 4.74 Å². The summed E-state index contributed by atoms with van der Waals surface area (Å²) in [7, 11) is 0. The van der Waals surface area contributed by atoms with Crippen LogP contribution in [0.1, 0.15) is 17.9 Å². The van der Waals surface area contributed by atoms with Crippen LogP contribution in [0.25, 0.3) is 10.8 Å². The maximum absolute atomic E-state index is 12.8. The Balaban J connectivity index is 1.60. The molecule has 1 fully saturated rings. The number of aliphatic carboxylic acids is 1. The summed E-state index contributed by atoms with van der Waals surface area (Å²) < 4.78 is 5.68. The van der Waals surface area contributed by atoms with Gasteiger partial charge in [0.05, 0.1) is 11.8 Å². The maximum atomic E-state index is 12.8. The van der Waals surface area contributed by atoms with Gasteiger partial charge in [0.2, 0.25) is 0 Å². The summed E-state index contributed by atoms with van der Waals surface area (Å²) in [5.41, 5.74) is 0.867. The molecule has 4 nitrogen and oxygen atoms in total. The van der Waals surface area contributed by atoms with Crippen LogP contribution in [0.15, 0.2) is 72.8 Å². The van der Waals surface area contributed by atoms with E-state index in [2.05, 4.69) is 0 Å². The van der Waals surface area contributed by atoms with E-state index in [9.17, 15) is 14.7 Å². The van der Waals surface area contributed by atoms with Crippen molar-refractivity contribution in [2.75, 3.05) is 0 Å². The highest BCUT2D eigenvalue weighted by Crippen LogP contribution is 2.48. The number of rotatable bonds is 4. The van der Waals surface area contributed by atoms with Crippen LogP contribution in [0.2, 0.25) is 0 Å². The van der Waals surface area contributed by atoms with Crippen molar-refractivity contribution in [2.24, 2.45) is 11.8 Å². The number of benzene rings is 3. The summed E-state index contributed by atoms with van der Waals surface area (Å²) in [5, 5.41) is 11.3. The van der Waals surface area contributed by atoms with Gasteiger partial charge in [0.1, 0.15) is 5.75 Å². The van der Waals surface area contributed by atoms with Gasteiger partial charge >= 0.3 is 11.9 Å². The number of hydrogen-bond acceptors (Lipinski definition) is 3. The summed E-state index contributed by atoms with van der Waals surface area (Å²) in [6, 6.07) is 22.6. The Kier molecular flexibility index (Phi) is 4.17. The van der Waals surface area contributed by atoms with Crippen LogP contribution in [-0.2, 0) is 9.59 Å². The van der Waals surface area contributed by atoms with Crippen LogP contribution in [0.4, 0.5) is 0 Å². The highest BCUT2D eigenvalue weighted by molar-refractivity contribution is 5.91. The van der Waals surface area contributed by atoms with Gasteiger partial charge in [0, 0.05) is 11.3 Å². The van der Waals surface area contributed by atoms with Crippen LogP contribution < -0.4 is 4.74 Å². The molecule has 3 aromatic carbocycles. The minimum absolute atomic E-state index is 0.304. The summed E-state index contributed by atoms with van der Waals surface area (Å²) in [6.45, 7) is 0. The van der Waals surface area contributed by atoms with Gasteiger partial charge < -0.3 is 9.84 Å². The molecule has 3 aromatic rings. The second-order valence-corrected chi connectivity index (χ2v) is 6.62. The van der Waals surface area contributed by atoms with Crippen molar-refractivity contribution in [1.29, 1.82) is 0 Å². The number of carbonyl (C=O) groups is 2. The molecule has 4 rings (SSSR count). The molecule has 0 heterocycles. The molecule has 0 aromatic heterocycles. The number of carboxylic acid groups (broad SMARTS) is 1. The highest BCUT2D eigenvalue weighted by Gasteiger charge is 2.50. The smallest absolute Gasteiger partial charge is 0.315 e. The van der Waals surface area contributed by atoms with Gasteiger partial charge in [-0.25, -0.2) is 0 Å². The van der Waals surface area contributed by atoms with E-state index in [0.29, 0.717) is 12.2 Å². The van der Waals surface area contributed by atoms with Crippen molar-refractivity contribution in [3.05, 3.63) is 78.4 Å². The van der Waals surface area contributed by atoms with Gasteiger partial charge in [-0.15, -0.1) is 0 Å². The largest absolute Gasteiger partial charge is 0.481 e. The van der Waals surface area contributed by atoms with E-state index in [1.54, 1.807) is 6.07 Å². The average molecular weight is 346 g/mol. The molecule has 3 atom stereocenters. The Bertz CT molecular complexity index is 959. The molecule has 26 heavy (non-hydrogen) atoms. The lowest BCUT2D eigenvalue weighted by atomic mass is 9.62. The molecule has 4 heteroatoms. The fourth-order valence-electron chi connectivity index (χ4n) is 3.76. The second kappa shape index (κ2) is 6.64. The van der Waals surface area contributed by atoms with Crippen molar-refractivity contribution in [3.63, 3.8) is 0 Å². The second-order valence-electron chi connectivity index (χ2n) is 6.62. The zero-order valence-electron chi connectivity index (χ0n) is 14.0. The van der Waals surface area contributed by atoms with Gasteiger partial charge in [-0.3, -0.25) is 9.59 Å². The Morgan fingerprint density at radius 3 is 2.31 bits per heavy atom. The molecule has 0 spiro atoms.